The number of amidine groups is 1. The first kappa shape index (κ1) is 27.6. The number of carbonyl (C=O) groups is 1. The summed E-state index contributed by atoms with van der Waals surface area (Å²) in [5.74, 6) is 4.68. The van der Waals surface area contributed by atoms with E-state index >= 15 is 0 Å². The summed E-state index contributed by atoms with van der Waals surface area (Å²) in [5.41, 5.74) is 5.84. The molecule has 204 valence electrons. The number of aryl methyl sites for hydroxylation is 1. The Morgan fingerprint density at radius 2 is 1.98 bits per heavy atom. The van der Waals surface area contributed by atoms with Gasteiger partial charge in [0.15, 0.2) is 5.94 Å². The number of pyridine rings is 1. The Bertz CT molecular complexity index is 1710. The van der Waals surface area contributed by atoms with Crippen LogP contribution in [0.3, 0.4) is 0 Å². The SMILES string of the molecule is COC(=O)c1csc2c(-c3cc(Cl)ccc3OCCN3C(=C=O)C4=C(CCC(=C=O)C4C)N=C3C)cc(C)nc12. The number of methoxy groups -OCH3 is 1. The third-order valence-electron chi connectivity index (χ3n) is 7.20. The summed E-state index contributed by atoms with van der Waals surface area (Å²) in [4.78, 5) is 47.0. The molecule has 1 aromatic carbocycles. The molecule has 0 bridgehead atoms. The summed E-state index contributed by atoms with van der Waals surface area (Å²) in [6, 6.07) is 7.30. The first-order valence-electron chi connectivity index (χ1n) is 12.7. The topological polar surface area (TPSA) is 98.2 Å². The lowest BCUT2D eigenvalue weighted by Gasteiger charge is -2.35. The van der Waals surface area contributed by atoms with E-state index in [0.717, 1.165) is 32.8 Å². The lowest BCUT2D eigenvalue weighted by molar-refractivity contribution is 0.0603. The molecule has 5 rings (SSSR count). The van der Waals surface area contributed by atoms with Crippen LogP contribution in [0.25, 0.3) is 21.3 Å². The Morgan fingerprint density at radius 3 is 2.70 bits per heavy atom. The molecule has 2 aliphatic rings. The number of fused-ring (bicyclic) bond motifs is 1. The van der Waals surface area contributed by atoms with E-state index in [4.69, 9.17) is 26.1 Å². The predicted octanol–water partition coefficient (Wildman–Crippen LogP) is 5.98. The first-order chi connectivity index (χ1) is 19.3. The minimum absolute atomic E-state index is 0.227. The van der Waals surface area contributed by atoms with Crippen molar-refractivity contribution in [2.24, 2.45) is 10.9 Å². The van der Waals surface area contributed by atoms with Gasteiger partial charge in [0.05, 0.1) is 29.4 Å². The average molecular weight is 576 g/mol. The fraction of sp³-hybridized carbons (Fsp3) is 0.300. The minimum Gasteiger partial charge on any atom is -0.491 e. The number of hydrogen-bond donors (Lipinski definition) is 0. The highest BCUT2D eigenvalue weighted by Crippen LogP contribution is 2.42. The number of ether oxygens (including phenoxy) is 2. The Labute approximate surface area is 240 Å². The zero-order chi connectivity index (χ0) is 28.6. The molecule has 3 aromatic rings. The highest BCUT2D eigenvalue weighted by atomic mass is 35.5. The van der Waals surface area contributed by atoms with E-state index in [2.05, 4.69) is 10.9 Å². The van der Waals surface area contributed by atoms with Gasteiger partial charge in [-0.15, -0.1) is 11.3 Å². The molecule has 0 N–H and O–H groups in total. The number of thiophene rings is 1. The van der Waals surface area contributed by atoms with Gasteiger partial charge in [0.25, 0.3) is 0 Å². The monoisotopic (exact) mass is 575 g/mol. The lowest BCUT2D eigenvalue weighted by atomic mass is 9.81. The van der Waals surface area contributed by atoms with E-state index in [1.165, 1.54) is 18.4 Å². The van der Waals surface area contributed by atoms with Gasteiger partial charge in [-0.25, -0.2) is 19.4 Å². The number of esters is 1. The molecule has 0 radical (unpaired) electrons. The molecule has 8 nitrogen and oxygen atoms in total. The zero-order valence-electron chi connectivity index (χ0n) is 22.5. The van der Waals surface area contributed by atoms with Crippen LogP contribution in [0, 0.1) is 12.8 Å². The van der Waals surface area contributed by atoms with Crippen molar-refractivity contribution >= 4 is 56.8 Å². The lowest BCUT2D eigenvalue weighted by Crippen LogP contribution is -2.38. The fourth-order valence-corrected chi connectivity index (χ4v) is 6.43. The summed E-state index contributed by atoms with van der Waals surface area (Å²) in [6.07, 6.45) is 1.17. The third-order valence-corrected chi connectivity index (χ3v) is 8.44. The van der Waals surface area contributed by atoms with Crippen LogP contribution in [0.15, 0.2) is 57.2 Å². The second-order valence-corrected chi connectivity index (χ2v) is 10.9. The number of benzene rings is 1. The second-order valence-electron chi connectivity index (χ2n) is 9.59. The molecule has 0 saturated heterocycles. The maximum absolute atomic E-state index is 12.3. The Morgan fingerprint density at radius 1 is 1.18 bits per heavy atom. The maximum Gasteiger partial charge on any atom is 0.340 e. The number of carbonyl (C=O) groups excluding carboxylic acids is 3. The molecule has 40 heavy (non-hydrogen) atoms. The molecule has 1 unspecified atom stereocenters. The molecule has 0 fully saturated rings. The third kappa shape index (κ3) is 4.89. The van der Waals surface area contributed by atoms with Gasteiger partial charge >= 0.3 is 5.97 Å². The smallest absolute Gasteiger partial charge is 0.340 e. The van der Waals surface area contributed by atoms with Gasteiger partial charge in [0.1, 0.15) is 29.8 Å². The summed E-state index contributed by atoms with van der Waals surface area (Å²) >= 11 is 7.80. The predicted molar refractivity (Wildman–Crippen MR) is 155 cm³/mol. The van der Waals surface area contributed by atoms with Crippen LogP contribution >= 0.6 is 22.9 Å². The normalized spacial score (nSPS) is 16.9. The van der Waals surface area contributed by atoms with Gasteiger partial charge in [-0.3, -0.25) is 4.98 Å². The van der Waals surface area contributed by atoms with Crippen molar-refractivity contribution in [1.29, 1.82) is 0 Å². The van der Waals surface area contributed by atoms with Crippen molar-refractivity contribution in [1.82, 2.24) is 9.88 Å². The summed E-state index contributed by atoms with van der Waals surface area (Å²) in [6.45, 7) is 6.16. The van der Waals surface area contributed by atoms with Crippen molar-refractivity contribution in [2.45, 2.75) is 33.6 Å². The molecular weight excluding hydrogens is 550 g/mol. The summed E-state index contributed by atoms with van der Waals surface area (Å²) in [7, 11) is 1.34. The minimum atomic E-state index is -0.447. The largest absolute Gasteiger partial charge is 0.491 e. The fourth-order valence-electron chi connectivity index (χ4n) is 5.25. The van der Waals surface area contributed by atoms with E-state index in [1.807, 2.05) is 38.8 Å². The highest BCUT2D eigenvalue weighted by Gasteiger charge is 2.34. The molecule has 10 heteroatoms. The molecule has 1 atom stereocenters. The van der Waals surface area contributed by atoms with E-state index in [9.17, 15) is 14.4 Å². The van der Waals surface area contributed by atoms with Crippen molar-refractivity contribution in [2.75, 3.05) is 20.3 Å². The number of aliphatic imine (C=N–C) groups is 1. The van der Waals surface area contributed by atoms with Gasteiger partial charge in [-0.1, -0.05) is 18.5 Å². The van der Waals surface area contributed by atoms with Gasteiger partial charge in [-0.05, 0) is 51.0 Å². The Hall–Kier alpha value is -4.00. The number of aromatic nitrogens is 1. The second kappa shape index (κ2) is 11.2. The van der Waals surface area contributed by atoms with Crippen LogP contribution in [-0.2, 0) is 14.3 Å². The van der Waals surface area contributed by atoms with E-state index in [-0.39, 0.29) is 12.5 Å². The van der Waals surface area contributed by atoms with E-state index < -0.39 is 5.97 Å². The van der Waals surface area contributed by atoms with Gasteiger partial charge in [0.2, 0.25) is 0 Å². The van der Waals surface area contributed by atoms with Crippen molar-refractivity contribution in [3.63, 3.8) is 0 Å². The maximum atomic E-state index is 12.3. The van der Waals surface area contributed by atoms with Crippen LogP contribution in [0.5, 0.6) is 5.75 Å². The summed E-state index contributed by atoms with van der Waals surface area (Å²) in [5, 5.41) is 2.27. The molecule has 0 amide bonds. The Balaban J connectivity index is 1.44. The molecule has 1 aliphatic heterocycles. The van der Waals surface area contributed by atoms with Crippen LogP contribution in [0.1, 0.15) is 42.7 Å². The number of halogens is 1. The van der Waals surface area contributed by atoms with Crippen LogP contribution < -0.4 is 4.74 Å². The molecule has 2 aromatic heterocycles. The van der Waals surface area contributed by atoms with Gasteiger partial charge in [0, 0.05) is 50.0 Å². The molecule has 3 heterocycles. The van der Waals surface area contributed by atoms with E-state index in [0.29, 0.717) is 58.3 Å². The van der Waals surface area contributed by atoms with Crippen molar-refractivity contribution in [3.8, 4) is 16.9 Å². The molecule has 0 spiro atoms. The number of hydrogen-bond acceptors (Lipinski definition) is 9. The molecule has 0 saturated carbocycles. The molecular formula is C30H26ClN3O5S. The summed E-state index contributed by atoms with van der Waals surface area (Å²) < 4.78 is 12.0. The Kier molecular flexibility index (Phi) is 7.74. The number of rotatable bonds is 6. The molecule has 1 aliphatic carbocycles. The van der Waals surface area contributed by atoms with Gasteiger partial charge in [-0.2, -0.15) is 0 Å². The standard InChI is InChI=1S/C30H26ClN3O5S/c1-16-11-22(29-28(32-16)23(15-40-29)30(37)38-4)21-12-20(31)6-8-26(21)39-10-9-34-18(3)33-24-7-5-19(13-35)17(2)27(24)25(34)14-36/h6,8,11-12,15,17H,5,7,9-10H2,1-4H3. The average Bonchev–Trinajstić information content (AvgIpc) is 3.37. The van der Waals surface area contributed by atoms with Crippen molar-refractivity contribution < 1.29 is 23.9 Å². The number of nitrogens with zero attached hydrogens (tertiary/aromatic N) is 3. The first-order valence-corrected chi connectivity index (χ1v) is 14.0. The quantitative estimate of drug-likeness (QED) is 0.263. The van der Waals surface area contributed by atoms with Crippen LogP contribution in [0.4, 0.5) is 0 Å². The van der Waals surface area contributed by atoms with Crippen LogP contribution in [-0.4, -0.2) is 53.8 Å². The van der Waals surface area contributed by atoms with Crippen molar-refractivity contribution in [3.05, 3.63) is 68.5 Å². The zero-order valence-corrected chi connectivity index (χ0v) is 24.0. The van der Waals surface area contributed by atoms with Crippen LogP contribution in [0.2, 0.25) is 5.02 Å². The van der Waals surface area contributed by atoms with E-state index in [1.54, 1.807) is 22.4 Å². The van der Waals surface area contributed by atoms with Gasteiger partial charge < -0.3 is 14.4 Å². The number of allylic oxidation sites excluding steroid dienone is 3. The highest BCUT2D eigenvalue weighted by molar-refractivity contribution is 7.18.